The molecule has 0 atom stereocenters. The summed E-state index contributed by atoms with van der Waals surface area (Å²) < 4.78 is 8.08. The zero-order valence-corrected chi connectivity index (χ0v) is 24.4. The number of pyridine rings is 1. The molecule has 39 heavy (non-hydrogen) atoms. The summed E-state index contributed by atoms with van der Waals surface area (Å²) in [5.74, 6) is 0.599. The Morgan fingerprint density at radius 2 is 1.36 bits per heavy atom. The van der Waals surface area contributed by atoms with Crippen molar-refractivity contribution in [1.29, 1.82) is 0 Å². The molecule has 0 aliphatic carbocycles. The average Bonchev–Trinajstić information content (AvgIpc) is 2.94. The van der Waals surface area contributed by atoms with Crippen LogP contribution in [0.2, 0.25) is 5.02 Å². The van der Waals surface area contributed by atoms with Gasteiger partial charge in [0.15, 0.2) is 18.9 Å². The van der Waals surface area contributed by atoms with Crippen molar-refractivity contribution in [2.75, 3.05) is 11.9 Å². The quantitative estimate of drug-likeness (QED) is 0.120. The molecule has 0 radical (unpaired) electrons. The Balaban J connectivity index is 1.31. The third kappa shape index (κ3) is 12.7. The van der Waals surface area contributed by atoms with Crippen LogP contribution in [0.5, 0.6) is 5.75 Å². The second-order valence-electron chi connectivity index (χ2n) is 10.5. The zero-order chi connectivity index (χ0) is 27.5. The summed E-state index contributed by atoms with van der Waals surface area (Å²) in [5, 5.41) is 3.58. The van der Waals surface area contributed by atoms with Crippen LogP contribution in [-0.2, 0) is 17.8 Å². The van der Waals surface area contributed by atoms with E-state index in [1.54, 1.807) is 0 Å². The van der Waals surface area contributed by atoms with Gasteiger partial charge in [-0.1, -0.05) is 113 Å². The Labute approximate surface area is 240 Å². The molecule has 0 saturated heterocycles. The Bertz CT molecular complexity index is 1090. The molecule has 0 aliphatic heterocycles. The molecule has 3 rings (SSSR count). The van der Waals surface area contributed by atoms with E-state index >= 15 is 0 Å². The van der Waals surface area contributed by atoms with Crippen LogP contribution in [0.3, 0.4) is 0 Å². The van der Waals surface area contributed by atoms with Gasteiger partial charge in [-0.15, -0.1) is 0 Å². The molecule has 210 valence electrons. The summed E-state index contributed by atoms with van der Waals surface area (Å²) >= 11 is 6.36. The fourth-order valence-electron chi connectivity index (χ4n) is 4.73. The second kappa shape index (κ2) is 18.4. The molecular formula is C34H46ClN2O2+. The number of benzene rings is 2. The van der Waals surface area contributed by atoms with Gasteiger partial charge in [-0.25, -0.2) is 4.57 Å². The van der Waals surface area contributed by atoms with Crippen LogP contribution in [0, 0.1) is 0 Å². The van der Waals surface area contributed by atoms with E-state index in [1.165, 1.54) is 76.2 Å². The Morgan fingerprint density at radius 3 is 2.00 bits per heavy atom. The highest BCUT2D eigenvalue weighted by atomic mass is 35.5. The summed E-state index contributed by atoms with van der Waals surface area (Å²) in [6.45, 7) is 3.72. The summed E-state index contributed by atoms with van der Waals surface area (Å²) in [6, 6.07) is 19.6. The van der Waals surface area contributed by atoms with E-state index in [-0.39, 0.29) is 12.3 Å². The van der Waals surface area contributed by atoms with E-state index in [0.717, 1.165) is 24.2 Å². The molecule has 1 amide bonds. The first-order valence-electron chi connectivity index (χ1n) is 14.9. The summed E-state index contributed by atoms with van der Waals surface area (Å²) in [6.07, 6.45) is 20.2. The van der Waals surface area contributed by atoms with Crippen LogP contribution >= 0.6 is 11.6 Å². The van der Waals surface area contributed by atoms with E-state index in [2.05, 4.69) is 16.8 Å². The highest BCUT2D eigenvalue weighted by Gasteiger charge is 2.09. The van der Waals surface area contributed by atoms with Gasteiger partial charge in [0.05, 0.1) is 18.1 Å². The number of aromatic nitrogens is 1. The SMILES string of the molecule is CCCCCCCCCCCCCCOc1cc(CC(=O)Nc2ccc(C[n+]3ccccc3)cc2)ccc1Cl. The molecule has 1 N–H and O–H groups in total. The largest absolute Gasteiger partial charge is 0.492 e. The van der Waals surface area contributed by atoms with Gasteiger partial charge >= 0.3 is 0 Å². The number of nitrogens with zero attached hydrogens (tertiary/aromatic N) is 1. The van der Waals surface area contributed by atoms with Crippen LogP contribution in [0.15, 0.2) is 73.1 Å². The monoisotopic (exact) mass is 549 g/mol. The molecule has 2 aromatic carbocycles. The molecule has 0 saturated carbocycles. The number of hydrogen-bond acceptors (Lipinski definition) is 2. The third-order valence-electron chi connectivity index (χ3n) is 7.00. The number of halogens is 1. The normalized spacial score (nSPS) is 10.9. The predicted octanol–water partition coefficient (Wildman–Crippen LogP) is 8.94. The van der Waals surface area contributed by atoms with Crippen molar-refractivity contribution >= 4 is 23.2 Å². The van der Waals surface area contributed by atoms with Crippen molar-refractivity contribution in [3.63, 3.8) is 0 Å². The Morgan fingerprint density at radius 1 is 0.769 bits per heavy atom. The number of carbonyl (C=O) groups excluding carboxylic acids is 1. The van der Waals surface area contributed by atoms with Crippen molar-refractivity contribution in [1.82, 2.24) is 0 Å². The average molecular weight is 550 g/mol. The summed E-state index contributed by atoms with van der Waals surface area (Å²) in [4.78, 5) is 12.7. The van der Waals surface area contributed by atoms with E-state index in [9.17, 15) is 4.79 Å². The lowest BCUT2D eigenvalue weighted by atomic mass is 10.1. The van der Waals surface area contributed by atoms with E-state index in [4.69, 9.17) is 16.3 Å². The fourth-order valence-corrected chi connectivity index (χ4v) is 4.90. The Hall–Kier alpha value is -2.85. The maximum Gasteiger partial charge on any atom is 0.228 e. The van der Waals surface area contributed by atoms with Gasteiger partial charge in [0.1, 0.15) is 5.75 Å². The predicted molar refractivity (Wildman–Crippen MR) is 163 cm³/mol. The van der Waals surface area contributed by atoms with Gasteiger partial charge in [-0.3, -0.25) is 4.79 Å². The van der Waals surface area contributed by atoms with Gasteiger partial charge in [-0.2, -0.15) is 0 Å². The third-order valence-corrected chi connectivity index (χ3v) is 7.31. The minimum Gasteiger partial charge on any atom is -0.492 e. The zero-order valence-electron chi connectivity index (χ0n) is 23.7. The van der Waals surface area contributed by atoms with Crippen molar-refractivity contribution in [2.45, 2.75) is 96.9 Å². The molecule has 3 aromatic rings. The van der Waals surface area contributed by atoms with Crippen LogP contribution in [0.25, 0.3) is 0 Å². The maximum absolute atomic E-state index is 12.7. The van der Waals surface area contributed by atoms with E-state index < -0.39 is 0 Å². The molecule has 0 fully saturated rings. The van der Waals surface area contributed by atoms with Crippen LogP contribution in [-0.4, -0.2) is 12.5 Å². The van der Waals surface area contributed by atoms with E-state index in [1.807, 2.05) is 73.1 Å². The van der Waals surface area contributed by atoms with Crippen molar-refractivity contribution in [2.24, 2.45) is 0 Å². The van der Waals surface area contributed by atoms with Crippen molar-refractivity contribution < 1.29 is 14.1 Å². The number of carbonyl (C=O) groups is 1. The lowest BCUT2D eigenvalue weighted by Gasteiger charge is -2.11. The smallest absolute Gasteiger partial charge is 0.228 e. The van der Waals surface area contributed by atoms with Crippen LogP contribution in [0.1, 0.15) is 95.1 Å². The lowest BCUT2D eigenvalue weighted by molar-refractivity contribution is -0.688. The molecule has 0 unspecified atom stereocenters. The number of anilines is 1. The number of hydrogen-bond donors (Lipinski definition) is 1. The highest BCUT2D eigenvalue weighted by Crippen LogP contribution is 2.26. The van der Waals surface area contributed by atoms with Crippen molar-refractivity contribution in [3.8, 4) is 5.75 Å². The highest BCUT2D eigenvalue weighted by molar-refractivity contribution is 6.32. The molecule has 0 aliphatic rings. The molecule has 5 heteroatoms. The van der Waals surface area contributed by atoms with Gasteiger partial charge < -0.3 is 10.1 Å². The molecule has 4 nitrogen and oxygen atoms in total. The molecule has 1 aromatic heterocycles. The Kier molecular flexibility index (Phi) is 14.5. The standard InChI is InChI=1S/C34H45ClN2O2/c1-2-3-4-5-6-7-8-9-10-11-12-16-25-39-33-26-30(19-22-32(33)35)27-34(38)36-31-20-17-29(18-21-31)28-37-23-14-13-15-24-37/h13-15,17-24,26H,2-12,16,25,27-28H2,1H3/p+1. The molecule has 0 spiro atoms. The first-order chi connectivity index (χ1) is 19.1. The summed E-state index contributed by atoms with van der Waals surface area (Å²) in [7, 11) is 0. The first-order valence-corrected chi connectivity index (χ1v) is 15.3. The van der Waals surface area contributed by atoms with Crippen LogP contribution < -0.4 is 14.6 Å². The van der Waals surface area contributed by atoms with E-state index in [0.29, 0.717) is 17.4 Å². The number of rotatable bonds is 19. The van der Waals surface area contributed by atoms with Gasteiger partial charge in [0, 0.05) is 23.4 Å². The van der Waals surface area contributed by atoms with Crippen LogP contribution in [0.4, 0.5) is 5.69 Å². The molecular weight excluding hydrogens is 504 g/mol. The number of amides is 1. The molecule has 1 heterocycles. The minimum absolute atomic E-state index is 0.0607. The van der Waals surface area contributed by atoms with Gasteiger partial charge in [-0.05, 0) is 36.2 Å². The fraction of sp³-hybridized carbons (Fsp3) is 0.471. The minimum atomic E-state index is -0.0607. The summed E-state index contributed by atoms with van der Waals surface area (Å²) in [5.41, 5.74) is 2.86. The molecule has 0 bridgehead atoms. The maximum atomic E-state index is 12.7. The second-order valence-corrected chi connectivity index (χ2v) is 10.9. The lowest BCUT2D eigenvalue weighted by Crippen LogP contribution is -2.32. The van der Waals surface area contributed by atoms with Gasteiger partial charge in [0.2, 0.25) is 5.91 Å². The number of unbranched alkanes of at least 4 members (excludes halogenated alkanes) is 11. The van der Waals surface area contributed by atoms with Crippen molar-refractivity contribution in [3.05, 3.63) is 89.2 Å². The number of nitrogens with one attached hydrogen (secondary N) is 1. The topological polar surface area (TPSA) is 42.2 Å². The van der Waals surface area contributed by atoms with Gasteiger partial charge in [0.25, 0.3) is 0 Å². The number of ether oxygens (including phenoxy) is 1. The first kappa shape index (κ1) is 30.7.